The summed E-state index contributed by atoms with van der Waals surface area (Å²) < 4.78 is 5.96. The second-order valence-electron chi connectivity index (χ2n) is 8.49. The number of hydrogen-bond donors (Lipinski definition) is 1. The smallest absolute Gasteiger partial charge is 0.192 e. The molecule has 1 aromatic carbocycles. The molecule has 0 spiro atoms. The number of benzene rings is 1. The maximum atomic E-state index is 13.3. The SMILES string of the molecule is CC(=O)C1=C(C)NC(C)=C(C(=O)CCC(C)C)C1c1cccc2c(=O)cc(C)oc12. The van der Waals surface area contributed by atoms with E-state index < -0.39 is 5.92 Å². The standard InChI is InChI=1S/C25H29NO4/c1-13(2)10-11-20(28)23-16(5)26-15(4)22(17(6)27)24(23)19-9-7-8-18-21(29)12-14(3)30-25(18)19/h7-9,12-13,24,26H,10-11H2,1-6H3. The Kier molecular flexibility index (Phi) is 6.11. The van der Waals surface area contributed by atoms with E-state index in [1.54, 1.807) is 19.1 Å². The lowest BCUT2D eigenvalue weighted by Gasteiger charge is -2.31. The van der Waals surface area contributed by atoms with Crippen molar-refractivity contribution in [1.82, 2.24) is 5.32 Å². The molecule has 30 heavy (non-hydrogen) atoms. The van der Waals surface area contributed by atoms with Crippen molar-refractivity contribution in [2.24, 2.45) is 5.92 Å². The molecule has 3 rings (SSSR count). The van der Waals surface area contributed by atoms with E-state index in [9.17, 15) is 14.4 Å². The Balaban J connectivity index is 2.29. The van der Waals surface area contributed by atoms with Crippen LogP contribution < -0.4 is 10.7 Å². The van der Waals surface area contributed by atoms with Gasteiger partial charge in [-0.05, 0) is 46.1 Å². The summed E-state index contributed by atoms with van der Waals surface area (Å²) in [5.74, 6) is 0.215. The summed E-state index contributed by atoms with van der Waals surface area (Å²) in [4.78, 5) is 38.5. The number of allylic oxidation sites excluding steroid dienone is 4. The zero-order valence-electron chi connectivity index (χ0n) is 18.5. The van der Waals surface area contributed by atoms with Crippen LogP contribution in [-0.2, 0) is 9.59 Å². The van der Waals surface area contributed by atoms with Gasteiger partial charge in [-0.3, -0.25) is 14.4 Å². The van der Waals surface area contributed by atoms with Gasteiger partial charge in [0.1, 0.15) is 11.3 Å². The molecular formula is C25H29NO4. The van der Waals surface area contributed by atoms with E-state index in [1.165, 1.54) is 13.0 Å². The number of carbonyl (C=O) groups excluding carboxylic acids is 2. The number of carbonyl (C=O) groups is 2. The van der Waals surface area contributed by atoms with E-state index in [-0.39, 0.29) is 17.0 Å². The first-order valence-corrected chi connectivity index (χ1v) is 10.4. The number of para-hydroxylation sites is 1. The molecule has 1 aliphatic heterocycles. The van der Waals surface area contributed by atoms with Crippen LogP contribution >= 0.6 is 0 Å². The number of Topliss-reactive ketones (excluding diaryl/α,β-unsaturated/α-hetero) is 2. The number of rotatable bonds is 6. The van der Waals surface area contributed by atoms with Crippen molar-refractivity contribution in [1.29, 1.82) is 0 Å². The highest BCUT2D eigenvalue weighted by Crippen LogP contribution is 2.41. The Bertz CT molecular complexity index is 1150. The average Bonchev–Trinajstić information content (AvgIpc) is 2.64. The molecule has 0 saturated heterocycles. The Morgan fingerprint density at radius 3 is 2.40 bits per heavy atom. The monoisotopic (exact) mass is 407 g/mol. The van der Waals surface area contributed by atoms with Gasteiger partial charge in [0.05, 0.1) is 5.39 Å². The van der Waals surface area contributed by atoms with E-state index in [4.69, 9.17) is 4.42 Å². The van der Waals surface area contributed by atoms with Crippen LogP contribution in [0.25, 0.3) is 11.0 Å². The third kappa shape index (κ3) is 4.02. The van der Waals surface area contributed by atoms with Gasteiger partial charge in [-0.2, -0.15) is 0 Å². The molecule has 0 bridgehead atoms. The van der Waals surface area contributed by atoms with Crippen LogP contribution in [-0.4, -0.2) is 11.6 Å². The Labute approximate surface area is 176 Å². The lowest BCUT2D eigenvalue weighted by atomic mass is 9.76. The topological polar surface area (TPSA) is 76.4 Å². The number of nitrogens with one attached hydrogen (secondary N) is 1. The van der Waals surface area contributed by atoms with Crippen LogP contribution in [0.3, 0.4) is 0 Å². The maximum Gasteiger partial charge on any atom is 0.192 e. The second-order valence-corrected chi connectivity index (χ2v) is 8.49. The molecule has 0 radical (unpaired) electrons. The minimum absolute atomic E-state index is 0.0111. The van der Waals surface area contributed by atoms with Gasteiger partial charge in [0.15, 0.2) is 17.0 Å². The molecule has 0 fully saturated rings. The fraction of sp³-hybridized carbons (Fsp3) is 0.400. The fourth-order valence-electron chi connectivity index (χ4n) is 4.24. The summed E-state index contributed by atoms with van der Waals surface area (Å²) >= 11 is 0. The molecule has 2 heterocycles. The Hall–Kier alpha value is -2.95. The Morgan fingerprint density at radius 2 is 1.77 bits per heavy atom. The molecule has 5 heteroatoms. The van der Waals surface area contributed by atoms with Gasteiger partial charge in [-0.1, -0.05) is 26.0 Å². The summed E-state index contributed by atoms with van der Waals surface area (Å²) in [6, 6.07) is 6.80. The second kappa shape index (κ2) is 8.42. The highest BCUT2D eigenvalue weighted by Gasteiger charge is 2.36. The summed E-state index contributed by atoms with van der Waals surface area (Å²) in [6.07, 6.45) is 1.17. The first-order valence-electron chi connectivity index (χ1n) is 10.4. The minimum Gasteiger partial charge on any atom is -0.461 e. The van der Waals surface area contributed by atoms with Crippen molar-refractivity contribution < 1.29 is 14.0 Å². The summed E-state index contributed by atoms with van der Waals surface area (Å²) in [5, 5.41) is 3.67. The van der Waals surface area contributed by atoms with Gasteiger partial charge in [-0.15, -0.1) is 0 Å². The zero-order chi connectivity index (χ0) is 22.2. The predicted molar refractivity (Wildman–Crippen MR) is 118 cm³/mol. The van der Waals surface area contributed by atoms with E-state index in [1.807, 2.05) is 19.9 Å². The van der Waals surface area contributed by atoms with Crippen LogP contribution in [0.5, 0.6) is 0 Å². The molecule has 0 saturated carbocycles. The molecule has 1 aliphatic rings. The lowest BCUT2D eigenvalue weighted by molar-refractivity contribution is -0.116. The number of dihydropyridines is 1. The molecule has 1 unspecified atom stereocenters. The molecule has 1 N–H and O–H groups in total. The van der Waals surface area contributed by atoms with Crippen LogP contribution in [0.15, 0.2) is 56.0 Å². The highest BCUT2D eigenvalue weighted by atomic mass is 16.3. The van der Waals surface area contributed by atoms with Crippen LogP contribution in [0, 0.1) is 12.8 Å². The van der Waals surface area contributed by atoms with E-state index in [0.717, 1.165) is 17.8 Å². The van der Waals surface area contributed by atoms with Crippen LogP contribution in [0.4, 0.5) is 0 Å². The van der Waals surface area contributed by atoms with Gasteiger partial charge in [-0.25, -0.2) is 0 Å². The molecule has 158 valence electrons. The van der Waals surface area contributed by atoms with Gasteiger partial charge in [0.25, 0.3) is 0 Å². The van der Waals surface area contributed by atoms with E-state index >= 15 is 0 Å². The van der Waals surface area contributed by atoms with Gasteiger partial charge in [0, 0.05) is 46.5 Å². The van der Waals surface area contributed by atoms with Crippen molar-refractivity contribution in [3.05, 3.63) is 68.4 Å². The first kappa shape index (κ1) is 21.8. The molecular weight excluding hydrogens is 378 g/mol. The van der Waals surface area contributed by atoms with Gasteiger partial charge >= 0.3 is 0 Å². The van der Waals surface area contributed by atoms with Crippen molar-refractivity contribution in [2.45, 2.75) is 60.3 Å². The van der Waals surface area contributed by atoms with Crippen molar-refractivity contribution in [3.8, 4) is 0 Å². The average molecular weight is 408 g/mol. The summed E-state index contributed by atoms with van der Waals surface area (Å²) in [7, 11) is 0. The summed E-state index contributed by atoms with van der Waals surface area (Å²) in [5.41, 5.74) is 3.53. The quantitative estimate of drug-likeness (QED) is 0.735. The highest BCUT2D eigenvalue weighted by molar-refractivity contribution is 6.05. The largest absolute Gasteiger partial charge is 0.461 e. The number of fused-ring (bicyclic) bond motifs is 1. The normalized spacial score (nSPS) is 17.0. The third-order valence-electron chi connectivity index (χ3n) is 5.61. The van der Waals surface area contributed by atoms with Crippen molar-refractivity contribution in [2.75, 3.05) is 0 Å². The number of hydrogen-bond acceptors (Lipinski definition) is 5. The summed E-state index contributed by atoms with van der Waals surface area (Å²) in [6.45, 7) is 11.1. The molecule has 1 atom stereocenters. The number of ketones is 2. The Morgan fingerprint density at radius 1 is 1.10 bits per heavy atom. The molecule has 1 aromatic heterocycles. The van der Waals surface area contributed by atoms with Gasteiger partial charge < -0.3 is 9.73 Å². The maximum absolute atomic E-state index is 13.3. The fourth-order valence-corrected chi connectivity index (χ4v) is 4.24. The molecule has 5 nitrogen and oxygen atoms in total. The van der Waals surface area contributed by atoms with E-state index in [2.05, 4.69) is 19.2 Å². The molecule has 2 aromatic rings. The first-order chi connectivity index (χ1) is 14.1. The number of aryl methyl sites for hydroxylation is 1. The predicted octanol–water partition coefficient (Wildman–Crippen LogP) is 4.93. The molecule has 0 amide bonds. The minimum atomic E-state index is -0.572. The lowest BCUT2D eigenvalue weighted by Crippen LogP contribution is -2.30. The van der Waals surface area contributed by atoms with Crippen molar-refractivity contribution >= 4 is 22.5 Å². The van der Waals surface area contributed by atoms with E-state index in [0.29, 0.717) is 45.8 Å². The third-order valence-corrected chi connectivity index (χ3v) is 5.61. The van der Waals surface area contributed by atoms with Gasteiger partial charge in [0.2, 0.25) is 0 Å². The zero-order valence-corrected chi connectivity index (χ0v) is 18.5. The molecule has 0 aliphatic carbocycles. The van der Waals surface area contributed by atoms with Crippen LogP contribution in [0.2, 0.25) is 0 Å². The van der Waals surface area contributed by atoms with Crippen LogP contribution in [0.1, 0.15) is 64.7 Å². The van der Waals surface area contributed by atoms with Crippen molar-refractivity contribution in [3.63, 3.8) is 0 Å².